The molecular weight excluding hydrogens is 260 g/mol. The number of aromatic nitrogens is 1. The van der Waals surface area contributed by atoms with Crippen molar-refractivity contribution in [2.24, 2.45) is 0 Å². The van der Waals surface area contributed by atoms with Gasteiger partial charge in [0.1, 0.15) is 5.69 Å². The molecule has 0 bridgehead atoms. The van der Waals surface area contributed by atoms with E-state index in [-0.39, 0.29) is 5.78 Å². The Morgan fingerprint density at radius 3 is 2.43 bits per heavy atom. The van der Waals surface area contributed by atoms with Gasteiger partial charge in [0.05, 0.1) is 0 Å². The first-order chi connectivity index (χ1) is 10.2. The molecule has 0 fully saturated rings. The maximum absolute atomic E-state index is 12.1. The highest BCUT2D eigenvalue weighted by molar-refractivity contribution is 5.94. The quantitative estimate of drug-likeness (QED) is 0.728. The van der Waals surface area contributed by atoms with E-state index in [1.165, 1.54) is 5.56 Å². The zero-order chi connectivity index (χ0) is 15.1. The summed E-state index contributed by atoms with van der Waals surface area (Å²) in [5, 5.41) is 0. The number of rotatable bonds is 7. The van der Waals surface area contributed by atoms with Gasteiger partial charge in [0.25, 0.3) is 0 Å². The fraction of sp³-hybridized carbons (Fsp3) is 0.333. The van der Waals surface area contributed by atoms with Gasteiger partial charge >= 0.3 is 0 Å². The van der Waals surface area contributed by atoms with Crippen molar-refractivity contribution < 1.29 is 4.79 Å². The molecule has 0 N–H and O–H groups in total. The van der Waals surface area contributed by atoms with Crippen molar-refractivity contribution in [3.05, 3.63) is 66.0 Å². The molecule has 21 heavy (non-hydrogen) atoms. The second kappa shape index (κ2) is 7.70. The molecule has 0 spiro atoms. The summed E-state index contributed by atoms with van der Waals surface area (Å²) in [5.74, 6) is 0.106. The molecule has 3 nitrogen and oxygen atoms in total. The Morgan fingerprint density at radius 2 is 1.81 bits per heavy atom. The van der Waals surface area contributed by atoms with Gasteiger partial charge in [-0.25, -0.2) is 0 Å². The first kappa shape index (κ1) is 15.4. The SMILES string of the molecule is CC(C)N(CCC(=O)c1ccccn1)Cc1ccccc1. The van der Waals surface area contributed by atoms with E-state index in [4.69, 9.17) is 0 Å². The van der Waals surface area contributed by atoms with Crippen LogP contribution in [0, 0.1) is 0 Å². The lowest BCUT2D eigenvalue weighted by Gasteiger charge is -2.26. The summed E-state index contributed by atoms with van der Waals surface area (Å²) < 4.78 is 0. The van der Waals surface area contributed by atoms with Gasteiger partial charge in [-0.3, -0.25) is 14.7 Å². The lowest BCUT2D eigenvalue weighted by molar-refractivity contribution is 0.0947. The van der Waals surface area contributed by atoms with Crippen LogP contribution in [0.4, 0.5) is 0 Å². The van der Waals surface area contributed by atoms with E-state index in [1.54, 1.807) is 12.3 Å². The standard InChI is InChI=1S/C18H22N2O/c1-15(2)20(14-16-8-4-3-5-9-16)13-11-18(21)17-10-6-7-12-19-17/h3-10,12,15H,11,13-14H2,1-2H3. The van der Waals surface area contributed by atoms with Gasteiger partial charge in [0.2, 0.25) is 0 Å². The molecule has 110 valence electrons. The number of pyridine rings is 1. The third kappa shape index (κ3) is 4.80. The molecule has 0 amide bonds. The fourth-order valence-electron chi connectivity index (χ4n) is 2.24. The summed E-state index contributed by atoms with van der Waals surface area (Å²) >= 11 is 0. The highest BCUT2D eigenvalue weighted by Gasteiger charge is 2.13. The van der Waals surface area contributed by atoms with Crippen molar-refractivity contribution in [1.29, 1.82) is 0 Å². The minimum absolute atomic E-state index is 0.106. The molecule has 1 aromatic heterocycles. The molecule has 2 aromatic rings. The van der Waals surface area contributed by atoms with E-state index in [1.807, 2.05) is 30.3 Å². The second-order valence-electron chi connectivity index (χ2n) is 5.44. The van der Waals surface area contributed by atoms with E-state index in [2.05, 4.69) is 35.9 Å². The summed E-state index contributed by atoms with van der Waals surface area (Å²) in [5.41, 5.74) is 1.83. The highest BCUT2D eigenvalue weighted by atomic mass is 16.1. The van der Waals surface area contributed by atoms with Gasteiger partial charge in [-0.15, -0.1) is 0 Å². The monoisotopic (exact) mass is 282 g/mol. The van der Waals surface area contributed by atoms with Gasteiger partial charge in [0.15, 0.2) is 5.78 Å². The maximum Gasteiger partial charge on any atom is 0.182 e. The predicted molar refractivity (Wildman–Crippen MR) is 85.2 cm³/mol. The minimum Gasteiger partial charge on any atom is -0.296 e. The van der Waals surface area contributed by atoms with Crippen molar-refractivity contribution in [2.45, 2.75) is 32.9 Å². The molecule has 2 rings (SSSR count). The first-order valence-electron chi connectivity index (χ1n) is 7.39. The summed E-state index contributed by atoms with van der Waals surface area (Å²) in [7, 11) is 0. The summed E-state index contributed by atoms with van der Waals surface area (Å²) in [4.78, 5) is 18.6. The molecule has 0 saturated carbocycles. The summed E-state index contributed by atoms with van der Waals surface area (Å²) in [6.07, 6.45) is 2.17. The van der Waals surface area contributed by atoms with E-state index in [0.717, 1.165) is 13.1 Å². The highest BCUT2D eigenvalue weighted by Crippen LogP contribution is 2.10. The molecule has 0 unspecified atom stereocenters. The molecule has 0 saturated heterocycles. The van der Waals surface area contributed by atoms with Crippen molar-refractivity contribution in [3.63, 3.8) is 0 Å². The average Bonchev–Trinajstić information content (AvgIpc) is 2.52. The van der Waals surface area contributed by atoms with Gasteiger partial charge in [-0.2, -0.15) is 0 Å². The molecule has 0 radical (unpaired) electrons. The zero-order valence-corrected chi connectivity index (χ0v) is 12.7. The van der Waals surface area contributed by atoms with Gasteiger partial charge in [-0.05, 0) is 31.5 Å². The second-order valence-corrected chi connectivity index (χ2v) is 5.44. The lowest BCUT2D eigenvalue weighted by Crippen LogP contribution is -2.32. The minimum atomic E-state index is 0.106. The van der Waals surface area contributed by atoms with Crippen LogP contribution < -0.4 is 0 Å². The number of carbonyl (C=O) groups is 1. The molecule has 0 aliphatic carbocycles. The van der Waals surface area contributed by atoms with Crippen LogP contribution in [-0.2, 0) is 6.54 Å². The van der Waals surface area contributed by atoms with Crippen LogP contribution in [0.5, 0.6) is 0 Å². The summed E-state index contributed by atoms with van der Waals surface area (Å²) in [6, 6.07) is 16.2. The number of hydrogen-bond acceptors (Lipinski definition) is 3. The Morgan fingerprint density at radius 1 is 1.10 bits per heavy atom. The van der Waals surface area contributed by atoms with Crippen LogP contribution in [-0.4, -0.2) is 28.3 Å². The van der Waals surface area contributed by atoms with Crippen LogP contribution in [0.1, 0.15) is 36.3 Å². The van der Waals surface area contributed by atoms with Crippen molar-refractivity contribution in [1.82, 2.24) is 9.88 Å². The number of carbonyl (C=O) groups excluding carboxylic acids is 1. The Hall–Kier alpha value is -2.00. The molecule has 0 aliphatic rings. The van der Waals surface area contributed by atoms with Gasteiger partial charge in [0, 0.05) is 31.7 Å². The molecule has 1 heterocycles. The van der Waals surface area contributed by atoms with E-state index in [0.29, 0.717) is 18.2 Å². The number of benzene rings is 1. The van der Waals surface area contributed by atoms with Gasteiger partial charge < -0.3 is 0 Å². The molecule has 0 atom stereocenters. The van der Waals surface area contributed by atoms with Crippen molar-refractivity contribution >= 4 is 5.78 Å². The van der Waals surface area contributed by atoms with Crippen molar-refractivity contribution in [2.75, 3.05) is 6.54 Å². The Kier molecular flexibility index (Phi) is 5.64. The lowest BCUT2D eigenvalue weighted by atomic mass is 10.1. The number of Topliss-reactive ketones (excluding diaryl/α,β-unsaturated/α-hetero) is 1. The number of ketones is 1. The van der Waals surface area contributed by atoms with Gasteiger partial charge in [-0.1, -0.05) is 36.4 Å². The first-order valence-corrected chi connectivity index (χ1v) is 7.39. The molecular formula is C18H22N2O. The Balaban J connectivity index is 1.93. The third-order valence-corrected chi connectivity index (χ3v) is 3.54. The Labute approximate surface area is 126 Å². The van der Waals surface area contributed by atoms with E-state index in [9.17, 15) is 4.79 Å². The fourth-order valence-corrected chi connectivity index (χ4v) is 2.24. The predicted octanol–water partition coefficient (Wildman–Crippen LogP) is 3.57. The van der Waals surface area contributed by atoms with Crippen LogP contribution >= 0.6 is 0 Å². The number of hydrogen-bond donors (Lipinski definition) is 0. The van der Waals surface area contributed by atoms with E-state index >= 15 is 0 Å². The van der Waals surface area contributed by atoms with E-state index < -0.39 is 0 Å². The zero-order valence-electron chi connectivity index (χ0n) is 12.7. The Bertz CT molecular complexity index is 552. The molecule has 0 aliphatic heterocycles. The van der Waals surface area contributed by atoms with Crippen LogP contribution in [0.15, 0.2) is 54.7 Å². The average molecular weight is 282 g/mol. The van der Waals surface area contributed by atoms with Crippen molar-refractivity contribution in [3.8, 4) is 0 Å². The maximum atomic E-state index is 12.1. The molecule has 1 aromatic carbocycles. The smallest absolute Gasteiger partial charge is 0.182 e. The largest absolute Gasteiger partial charge is 0.296 e. The third-order valence-electron chi connectivity index (χ3n) is 3.54. The van der Waals surface area contributed by atoms with Crippen LogP contribution in [0.3, 0.4) is 0 Å². The summed E-state index contributed by atoms with van der Waals surface area (Å²) in [6.45, 7) is 5.94. The normalized spacial score (nSPS) is 11.0. The topological polar surface area (TPSA) is 33.2 Å². The van der Waals surface area contributed by atoms with Crippen LogP contribution in [0.25, 0.3) is 0 Å². The number of nitrogens with zero attached hydrogens (tertiary/aromatic N) is 2. The van der Waals surface area contributed by atoms with Crippen LogP contribution in [0.2, 0.25) is 0 Å². The molecule has 3 heteroatoms.